The minimum atomic E-state index is 0.244. The van der Waals surface area contributed by atoms with E-state index in [1.165, 1.54) is 0 Å². The minimum absolute atomic E-state index is 0.244. The van der Waals surface area contributed by atoms with Crippen LogP contribution in [-0.4, -0.2) is 36.6 Å². The van der Waals surface area contributed by atoms with E-state index < -0.39 is 0 Å². The zero-order valence-electron chi connectivity index (χ0n) is 8.23. The molecule has 0 aromatic carbocycles. The smallest absolute Gasteiger partial charge is 0.0940 e. The predicted octanol–water partition coefficient (Wildman–Crippen LogP) is 0.965. The standard InChI is InChI=1S/C9H17N3S/c1-12(2)5-3-8(10)7-9-11-4-6-13-9/h4,6,8H,3,5,7,10H2,1-2H3. The van der Waals surface area contributed by atoms with Crippen molar-refractivity contribution in [3.63, 3.8) is 0 Å². The molecule has 0 fully saturated rings. The van der Waals surface area contributed by atoms with E-state index >= 15 is 0 Å². The summed E-state index contributed by atoms with van der Waals surface area (Å²) in [5.41, 5.74) is 5.95. The maximum absolute atomic E-state index is 5.95. The van der Waals surface area contributed by atoms with Crippen LogP contribution in [0.25, 0.3) is 0 Å². The molecule has 1 heterocycles. The quantitative estimate of drug-likeness (QED) is 0.768. The van der Waals surface area contributed by atoms with Crippen LogP contribution in [0.15, 0.2) is 11.6 Å². The lowest BCUT2D eigenvalue weighted by Crippen LogP contribution is -2.28. The summed E-state index contributed by atoms with van der Waals surface area (Å²) >= 11 is 1.68. The third-order valence-corrected chi connectivity index (χ3v) is 2.67. The van der Waals surface area contributed by atoms with Crippen molar-refractivity contribution in [3.8, 4) is 0 Å². The van der Waals surface area contributed by atoms with Crippen LogP contribution < -0.4 is 5.73 Å². The number of rotatable bonds is 5. The Morgan fingerprint density at radius 1 is 1.62 bits per heavy atom. The minimum Gasteiger partial charge on any atom is -0.327 e. The Hall–Kier alpha value is -0.450. The van der Waals surface area contributed by atoms with Gasteiger partial charge in [-0.15, -0.1) is 11.3 Å². The monoisotopic (exact) mass is 199 g/mol. The molecule has 0 aliphatic rings. The van der Waals surface area contributed by atoms with E-state index in [0.29, 0.717) is 0 Å². The van der Waals surface area contributed by atoms with Crippen LogP contribution >= 0.6 is 11.3 Å². The highest BCUT2D eigenvalue weighted by Crippen LogP contribution is 2.07. The van der Waals surface area contributed by atoms with Crippen LogP contribution in [0.5, 0.6) is 0 Å². The second-order valence-corrected chi connectivity index (χ2v) is 4.46. The van der Waals surface area contributed by atoms with Crippen molar-refractivity contribution in [2.75, 3.05) is 20.6 Å². The van der Waals surface area contributed by atoms with Gasteiger partial charge in [-0.2, -0.15) is 0 Å². The zero-order chi connectivity index (χ0) is 9.68. The van der Waals surface area contributed by atoms with Crippen molar-refractivity contribution >= 4 is 11.3 Å². The van der Waals surface area contributed by atoms with Gasteiger partial charge in [-0.3, -0.25) is 0 Å². The average Bonchev–Trinajstić information content (AvgIpc) is 2.53. The number of hydrogen-bond acceptors (Lipinski definition) is 4. The Morgan fingerprint density at radius 2 is 2.38 bits per heavy atom. The summed E-state index contributed by atoms with van der Waals surface area (Å²) in [6.07, 6.45) is 3.77. The molecular formula is C9H17N3S. The Kier molecular flexibility index (Phi) is 4.35. The van der Waals surface area contributed by atoms with E-state index in [4.69, 9.17) is 5.73 Å². The van der Waals surface area contributed by atoms with Gasteiger partial charge in [-0.1, -0.05) is 0 Å². The van der Waals surface area contributed by atoms with Crippen molar-refractivity contribution in [2.24, 2.45) is 5.73 Å². The van der Waals surface area contributed by atoms with E-state index in [1.807, 2.05) is 11.6 Å². The molecule has 74 valence electrons. The molecule has 1 aromatic heterocycles. The Balaban J connectivity index is 2.22. The maximum atomic E-state index is 5.95. The van der Waals surface area contributed by atoms with Crippen LogP contribution in [0, 0.1) is 0 Å². The molecule has 13 heavy (non-hydrogen) atoms. The highest BCUT2D eigenvalue weighted by atomic mass is 32.1. The number of thiazole rings is 1. The lowest BCUT2D eigenvalue weighted by atomic mass is 10.1. The largest absolute Gasteiger partial charge is 0.327 e. The molecule has 4 heteroatoms. The van der Waals surface area contributed by atoms with Gasteiger partial charge in [0, 0.05) is 24.0 Å². The molecular weight excluding hydrogens is 182 g/mol. The number of aromatic nitrogens is 1. The third kappa shape index (κ3) is 4.36. The zero-order valence-corrected chi connectivity index (χ0v) is 9.05. The first-order valence-corrected chi connectivity index (χ1v) is 5.35. The van der Waals surface area contributed by atoms with Crippen molar-refractivity contribution in [2.45, 2.75) is 18.9 Å². The van der Waals surface area contributed by atoms with Gasteiger partial charge < -0.3 is 10.6 Å². The number of hydrogen-bond donors (Lipinski definition) is 1. The summed E-state index contributed by atoms with van der Waals surface area (Å²) in [4.78, 5) is 6.36. The SMILES string of the molecule is CN(C)CCC(N)Cc1nccs1. The predicted molar refractivity (Wildman–Crippen MR) is 57.0 cm³/mol. The van der Waals surface area contributed by atoms with Crippen molar-refractivity contribution in [1.29, 1.82) is 0 Å². The highest BCUT2D eigenvalue weighted by Gasteiger charge is 2.05. The highest BCUT2D eigenvalue weighted by molar-refractivity contribution is 7.09. The first-order chi connectivity index (χ1) is 6.18. The molecule has 0 radical (unpaired) electrons. The van der Waals surface area contributed by atoms with Gasteiger partial charge in [-0.05, 0) is 27.1 Å². The first-order valence-electron chi connectivity index (χ1n) is 4.47. The molecule has 0 saturated carbocycles. The van der Waals surface area contributed by atoms with E-state index in [-0.39, 0.29) is 6.04 Å². The van der Waals surface area contributed by atoms with Crippen molar-refractivity contribution in [3.05, 3.63) is 16.6 Å². The average molecular weight is 199 g/mol. The molecule has 0 bridgehead atoms. The van der Waals surface area contributed by atoms with Crippen molar-refractivity contribution in [1.82, 2.24) is 9.88 Å². The summed E-state index contributed by atoms with van der Waals surface area (Å²) in [6, 6.07) is 0.244. The number of nitrogens with zero attached hydrogens (tertiary/aromatic N) is 2. The lowest BCUT2D eigenvalue weighted by Gasteiger charge is -2.13. The molecule has 0 saturated heterocycles. The van der Waals surface area contributed by atoms with Gasteiger partial charge in [0.15, 0.2) is 0 Å². The molecule has 1 atom stereocenters. The molecule has 0 spiro atoms. The van der Waals surface area contributed by atoms with Crippen molar-refractivity contribution < 1.29 is 0 Å². The Labute approximate surface area is 83.6 Å². The molecule has 0 amide bonds. The topological polar surface area (TPSA) is 42.1 Å². The van der Waals surface area contributed by atoms with Gasteiger partial charge in [0.05, 0.1) is 5.01 Å². The maximum Gasteiger partial charge on any atom is 0.0940 e. The molecule has 1 aromatic rings. The molecule has 2 N–H and O–H groups in total. The molecule has 3 nitrogen and oxygen atoms in total. The van der Waals surface area contributed by atoms with Gasteiger partial charge in [0.2, 0.25) is 0 Å². The van der Waals surface area contributed by atoms with Gasteiger partial charge in [0.1, 0.15) is 0 Å². The molecule has 0 aliphatic carbocycles. The summed E-state index contributed by atoms with van der Waals surface area (Å²) in [7, 11) is 4.13. The fourth-order valence-corrected chi connectivity index (χ4v) is 1.81. The van der Waals surface area contributed by atoms with E-state index in [1.54, 1.807) is 11.3 Å². The van der Waals surface area contributed by atoms with Crippen LogP contribution in [-0.2, 0) is 6.42 Å². The van der Waals surface area contributed by atoms with Gasteiger partial charge >= 0.3 is 0 Å². The first kappa shape index (κ1) is 10.6. The van der Waals surface area contributed by atoms with Crippen LogP contribution in [0.4, 0.5) is 0 Å². The summed E-state index contributed by atoms with van der Waals surface area (Å²) in [6.45, 7) is 1.05. The third-order valence-electron chi connectivity index (χ3n) is 1.87. The fraction of sp³-hybridized carbons (Fsp3) is 0.667. The second-order valence-electron chi connectivity index (χ2n) is 3.48. The summed E-state index contributed by atoms with van der Waals surface area (Å²) < 4.78 is 0. The van der Waals surface area contributed by atoms with Gasteiger partial charge in [0.25, 0.3) is 0 Å². The van der Waals surface area contributed by atoms with Crippen LogP contribution in [0.2, 0.25) is 0 Å². The van der Waals surface area contributed by atoms with Crippen LogP contribution in [0.3, 0.4) is 0 Å². The summed E-state index contributed by atoms with van der Waals surface area (Å²) in [5, 5.41) is 3.14. The lowest BCUT2D eigenvalue weighted by molar-refractivity contribution is 0.379. The number of nitrogens with two attached hydrogens (primary N) is 1. The fourth-order valence-electron chi connectivity index (χ4n) is 1.10. The summed E-state index contributed by atoms with van der Waals surface area (Å²) in [5.74, 6) is 0. The Morgan fingerprint density at radius 3 is 2.92 bits per heavy atom. The van der Waals surface area contributed by atoms with Gasteiger partial charge in [-0.25, -0.2) is 4.98 Å². The second kappa shape index (κ2) is 5.32. The van der Waals surface area contributed by atoms with E-state index in [2.05, 4.69) is 24.0 Å². The molecule has 1 rings (SSSR count). The Bertz CT molecular complexity index is 221. The molecule has 0 aliphatic heterocycles. The van der Waals surface area contributed by atoms with Crippen LogP contribution in [0.1, 0.15) is 11.4 Å². The molecule has 1 unspecified atom stereocenters. The van der Waals surface area contributed by atoms with E-state index in [9.17, 15) is 0 Å². The normalized spacial score (nSPS) is 13.5. The van der Waals surface area contributed by atoms with E-state index in [0.717, 1.165) is 24.4 Å².